The van der Waals surface area contributed by atoms with Crippen molar-refractivity contribution in [1.82, 2.24) is 14.4 Å². The Balaban J connectivity index is 1.80. The summed E-state index contributed by atoms with van der Waals surface area (Å²) in [7, 11) is 1.90. The Morgan fingerprint density at radius 3 is 2.48 bits per heavy atom. The third-order valence-electron chi connectivity index (χ3n) is 5.40. The molecule has 0 radical (unpaired) electrons. The number of aromatic nitrogens is 1. The van der Waals surface area contributed by atoms with Gasteiger partial charge in [0.25, 0.3) is 5.91 Å². The molecule has 3 rings (SSSR count). The first-order chi connectivity index (χ1) is 13.7. The zero-order valence-electron chi connectivity index (χ0n) is 16.7. The number of likely N-dealkylation sites (tertiary alicyclic amines) is 1. The lowest BCUT2D eigenvalue weighted by molar-refractivity contribution is -0.148. The summed E-state index contributed by atoms with van der Waals surface area (Å²) >= 11 is 6.67. The Labute approximate surface area is 179 Å². The molecule has 0 saturated carbocycles. The average molecular weight is 436 g/mol. The number of carboxylic acids is 1. The maximum Gasteiger partial charge on any atom is 0.306 e. The predicted octanol–water partition coefficient (Wildman–Crippen LogP) is 2.57. The normalized spacial score (nSPS) is 20.8. The van der Waals surface area contributed by atoms with Crippen molar-refractivity contribution in [3.05, 3.63) is 28.9 Å². The number of carbonyl (C=O) groups is 3. The van der Waals surface area contributed by atoms with E-state index in [1.165, 1.54) is 16.7 Å². The molecular weight excluding hydrogens is 410 g/mol. The van der Waals surface area contributed by atoms with Gasteiger partial charge in [0.05, 0.1) is 10.8 Å². The number of aliphatic carboxylic acids is 1. The van der Waals surface area contributed by atoms with Crippen molar-refractivity contribution in [2.75, 3.05) is 13.1 Å². The summed E-state index contributed by atoms with van der Waals surface area (Å²) in [6, 6.07) is 3.11. The van der Waals surface area contributed by atoms with Crippen LogP contribution in [-0.4, -0.2) is 60.7 Å². The quantitative estimate of drug-likeness (QED) is 0.565. The van der Waals surface area contributed by atoms with Gasteiger partial charge in [-0.3, -0.25) is 19.3 Å². The summed E-state index contributed by atoms with van der Waals surface area (Å²) in [4.78, 5) is 41.2. The fraction of sp³-hybridized carbons (Fsp3) is 0.500. The first kappa shape index (κ1) is 21.6. The second kappa shape index (κ2) is 8.71. The van der Waals surface area contributed by atoms with E-state index in [1.54, 1.807) is 11.0 Å². The number of amides is 2. The van der Waals surface area contributed by atoms with E-state index in [9.17, 15) is 19.5 Å². The molecule has 2 fully saturated rings. The van der Waals surface area contributed by atoms with Crippen molar-refractivity contribution in [2.24, 2.45) is 18.9 Å². The highest BCUT2D eigenvalue weighted by Gasteiger charge is 2.44. The summed E-state index contributed by atoms with van der Waals surface area (Å²) in [6.07, 6.45) is 4.54. The Morgan fingerprint density at radius 2 is 1.97 bits per heavy atom. The van der Waals surface area contributed by atoms with Crippen LogP contribution in [0.2, 0.25) is 0 Å². The highest BCUT2D eigenvalue weighted by molar-refractivity contribution is 8.26. The van der Waals surface area contributed by atoms with E-state index in [-0.39, 0.29) is 17.7 Å². The van der Waals surface area contributed by atoms with Crippen LogP contribution in [0.25, 0.3) is 6.08 Å². The molecule has 2 aliphatic heterocycles. The Hall–Kier alpha value is -2.13. The van der Waals surface area contributed by atoms with Gasteiger partial charge in [0, 0.05) is 32.0 Å². The predicted molar refractivity (Wildman–Crippen MR) is 116 cm³/mol. The molecule has 3 heterocycles. The van der Waals surface area contributed by atoms with Crippen LogP contribution >= 0.6 is 24.0 Å². The monoisotopic (exact) mass is 435 g/mol. The molecule has 0 spiro atoms. The number of hydrogen-bond acceptors (Lipinski definition) is 5. The molecule has 1 atom stereocenters. The van der Waals surface area contributed by atoms with Gasteiger partial charge in [-0.05, 0) is 37.0 Å². The minimum absolute atomic E-state index is 0.128. The number of nitrogens with zero attached hydrogens (tertiary/aromatic N) is 3. The van der Waals surface area contributed by atoms with Gasteiger partial charge in [-0.15, -0.1) is 0 Å². The molecule has 1 unspecified atom stereocenters. The van der Waals surface area contributed by atoms with Gasteiger partial charge in [-0.1, -0.05) is 37.8 Å². The van der Waals surface area contributed by atoms with Crippen LogP contribution in [0.1, 0.15) is 32.4 Å². The fourth-order valence-electron chi connectivity index (χ4n) is 3.71. The number of carboxylic acid groups (broad SMARTS) is 1. The number of hydrogen-bond donors (Lipinski definition) is 1. The summed E-state index contributed by atoms with van der Waals surface area (Å²) < 4.78 is 2.28. The second-order valence-electron chi connectivity index (χ2n) is 7.72. The number of thioether (sulfide) groups is 1. The molecule has 1 N–H and O–H groups in total. The third kappa shape index (κ3) is 4.40. The molecule has 0 bridgehead atoms. The minimum atomic E-state index is -0.819. The summed E-state index contributed by atoms with van der Waals surface area (Å²) in [5.74, 6) is -1.79. The van der Waals surface area contributed by atoms with Gasteiger partial charge in [0.1, 0.15) is 10.4 Å². The molecule has 2 amide bonds. The average Bonchev–Trinajstić information content (AvgIpc) is 3.19. The lowest BCUT2D eigenvalue weighted by atomic mass is 9.94. The van der Waals surface area contributed by atoms with E-state index in [1.807, 2.05) is 43.8 Å². The van der Waals surface area contributed by atoms with Crippen LogP contribution in [0.3, 0.4) is 0 Å². The molecule has 156 valence electrons. The van der Waals surface area contributed by atoms with E-state index >= 15 is 0 Å². The van der Waals surface area contributed by atoms with Crippen LogP contribution in [0, 0.1) is 11.8 Å². The van der Waals surface area contributed by atoms with E-state index in [0.29, 0.717) is 35.2 Å². The molecule has 2 aliphatic rings. The largest absolute Gasteiger partial charge is 0.481 e. The molecule has 7 nitrogen and oxygen atoms in total. The molecule has 1 aromatic rings. The van der Waals surface area contributed by atoms with Crippen LogP contribution < -0.4 is 0 Å². The molecule has 2 saturated heterocycles. The molecule has 0 aliphatic carbocycles. The van der Waals surface area contributed by atoms with Gasteiger partial charge in [0.2, 0.25) is 5.91 Å². The van der Waals surface area contributed by atoms with Crippen molar-refractivity contribution in [3.8, 4) is 0 Å². The van der Waals surface area contributed by atoms with Gasteiger partial charge in [-0.25, -0.2) is 0 Å². The van der Waals surface area contributed by atoms with Crippen LogP contribution in [0.15, 0.2) is 23.2 Å². The topological polar surface area (TPSA) is 82.8 Å². The fourth-order valence-corrected chi connectivity index (χ4v) is 5.02. The van der Waals surface area contributed by atoms with Crippen molar-refractivity contribution >= 4 is 52.2 Å². The summed E-state index contributed by atoms with van der Waals surface area (Å²) in [6.45, 7) is 4.55. The van der Waals surface area contributed by atoms with Crippen LogP contribution in [0.4, 0.5) is 0 Å². The number of rotatable bonds is 5. The van der Waals surface area contributed by atoms with E-state index in [2.05, 4.69) is 0 Å². The zero-order valence-corrected chi connectivity index (χ0v) is 18.3. The summed E-state index contributed by atoms with van der Waals surface area (Å²) in [5.41, 5.74) is 0.883. The second-order valence-corrected chi connectivity index (χ2v) is 9.40. The van der Waals surface area contributed by atoms with Crippen molar-refractivity contribution in [1.29, 1.82) is 0 Å². The van der Waals surface area contributed by atoms with E-state index < -0.39 is 17.9 Å². The van der Waals surface area contributed by atoms with E-state index in [0.717, 1.165) is 5.69 Å². The van der Waals surface area contributed by atoms with Gasteiger partial charge in [0.15, 0.2) is 0 Å². The Morgan fingerprint density at radius 1 is 1.31 bits per heavy atom. The highest BCUT2D eigenvalue weighted by Crippen LogP contribution is 2.36. The van der Waals surface area contributed by atoms with Crippen molar-refractivity contribution < 1.29 is 19.5 Å². The Bertz CT molecular complexity index is 869. The van der Waals surface area contributed by atoms with Crippen molar-refractivity contribution in [2.45, 2.75) is 32.7 Å². The Kier molecular flexibility index (Phi) is 6.48. The smallest absolute Gasteiger partial charge is 0.306 e. The first-order valence-corrected chi connectivity index (χ1v) is 10.8. The molecule has 1 aromatic heterocycles. The van der Waals surface area contributed by atoms with Gasteiger partial charge >= 0.3 is 5.97 Å². The van der Waals surface area contributed by atoms with Gasteiger partial charge < -0.3 is 14.6 Å². The minimum Gasteiger partial charge on any atom is -0.481 e. The number of carbonyl (C=O) groups excluding carboxylic acids is 2. The van der Waals surface area contributed by atoms with Crippen LogP contribution in [0.5, 0.6) is 0 Å². The molecule has 9 heteroatoms. The highest BCUT2D eigenvalue weighted by atomic mass is 32.2. The van der Waals surface area contributed by atoms with E-state index in [4.69, 9.17) is 12.2 Å². The lowest BCUT2D eigenvalue weighted by Crippen LogP contribution is -2.54. The standard InChI is InChI=1S/C20H25N3O4S2/c1-12(2)16(18(25)22-9-6-13(7-10-22)19(26)27)23-17(24)15(29-20(23)28)11-14-5-4-8-21(14)3/h4-5,8,11-13,16H,6-7,9-10H2,1-3H3,(H,26,27). The maximum atomic E-state index is 13.3. The zero-order chi connectivity index (χ0) is 21.3. The number of thiocarbonyl (C=S) groups is 1. The SMILES string of the molecule is CC(C)C(C(=O)N1CCC(C(=O)O)CC1)N1C(=O)C(=Cc2cccn2C)SC1=S. The first-order valence-electron chi connectivity index (χ1n) is 9.60. The molecule has 0 aromatic carbocycles. The van der Waals surface area contributed by atoms with Crippen LogP contribution in [-0.2, 0) is 21.4 Å². The third-order valence-corrected chi connectivity index (χ3v) is 6.74. The molecular formula is C20H25N3O4S2. The lowest BCUT2D eigenvalue weighted by Gasteiger charge is -2.37. The molecule has 29 heavy (non-hydrogen) atoms. The number of piperidine rings is 1. The maximum absolute atomic E-state index is 13.3. The van der Waals surface area contributed by atoms with Gasteiger partial charge in [-0.2, -0.15) is 0 Å². The van der Waals surface area contributed by atoms with Crippen molar-refractivity contribution in [3.63, 3.8) is 0 Å². The number of aryl methyl sites for hydroxylation is 1. The summed E-state index contributed by atoms with van der Waals surface area (Å²) in [5, 5.41) is 9.17.